The molecular formula is C21H22N6OS2. The summed E-state index contributed by atoms with van der Waals surface area (Å²) in [7, 11) is 1.93. The second-order valence-electron chi connectivity index (χ2n) is 6.84. The number of thiophene rings is 1. The van der Waals surface area contributed by atoms with Crippen molar-refractivity contribution in [2.75, 3.05) is 11.1 Å². The SMILES string of the molecule is Cc1nn(-c2ccccc2)c(C)c1NC(=O)CSc1nnc(Cc2cccs2)n1C. The molecule has 0 spiro atoms. The van der Waals surface area contributed by atoms with Crippen molar-refractivity contribution in [2.45, 2.75) is 25.4 Å². The van der Waals surface area contributed by atoms with Gasteiger partial charge in [0, 0.05) is 18.3 Å². The van der Waals surface area contributed by atoms with Gasteiger partial charge in [-0.25, -0.2) is 4.68 Å². The van der Waals surface area contributed by atoms with Gasteiger partial charge in [-0.3, -0.25) is 4.79 Å². The van der Waals surface area contributed by atoms with E-state index in [1.54, 1.807) is 11.3 Å². The van der Waals surface area contributed by atoms with Crippen molar-refractivity contribution >= 4 is 34.7 Å². The highest BCUT2D eigenvalue weighted by atomic mass is 32.2. The Labute approximate surface area is 183 Å². The van der Waals surface area contributed by atoms with Crippen LogP contribution in [0, 0.1) is 13.8 Å². The normalized spacial score (nSPS) is 11.0. The van der Waals surface area contributed by atoms with Crippen molar-refractivity contribution < 1.29 is 4.79 Å². The zero-order valence-corrected chi connectivity index (χ0v) is 18.6. The summed E-state index contributed by atoms with van der Waals surface area (Å²) in [6.45, 7) is 3.85. The monoisotopic (exact) mass is 438 g/mol. The molecule has 0 bridgehead atoms. The molecule has 3 aromatic heterocycles. The third-order valence-corrected chi connectivity index (χ3v) is 6.62. The van der Waals surface area contributed by atoms with E-state index >= 15 is 0 Å². The van der Waals surface area contributed by atoms with E-state index in [2.05, 4.69) is 32.1 Å². The van der Waals surface area contributed by atoms with Gasteiger partial charge in [-0.15, -0.1) is 21.5 Å². The largest absolute Gasteiger partial charge is 0.322 e. The average Bonchev–Trinajstić information content (AvgIpc) is 3.45. The highest BCUT2D eigenvalue weighted by Gasteiger charge is 2.17. The van der Waals surface area contributed by atoms with Crippen molar-refractivity contribution in [3.05, 3.63) is 69.9 Å². The summed E-state index contributed by atoms with van der Waals surface area (Å²) in [4.78, 5) is 13.8. The predicted octanol–water partition coefficient (Wildman–Crippen LogP) is 4.00. The predicted molar refractivity (Wildman–Crippen MR) is 121 cm³/mol. The maximum atomic E-state index is 12.6. The number of hydrogen-bond donors (Lipinski definition) is 1. The van der Waals surface area contributed by atoms with E-state index in [1.807, 2.05) is 66.5 Å². The van der Waals surface area contributed by atoms with Crippen LogP contribution in [0.1, 0.15) is 22.1 Å². The van der Waals surface area contributed by atoms with Gasteiger partial charge in [0.1, 0.15) is 5.82 Å². The van der Waals surface area contributed by atoms with Crippen LogP contribution < -0.4 is 5.32 Å². The number of aromatic nitrogens is 5. The first-order chi connectivity index (χ1) is 14.5. The number of aryl methyl sites for hydroxylation is 1. The minimum absolute atomic E-state index is 0.0957. The lowest BCUT2D eigenvalue weighted by molar-refractivity contribution is -0.113. The molecule has 0 unspecified atom stereocenters. The summed E-state index contributed by atoms with van der Waals surface area (Å²) in [5, 5.41) is 18.9. The Morgan fingerprint density at radius 3 is 2.67 bits per heavy atom. The van der Waals surface area contributed by atoms with Gasteiger partial charge in [0.25, 0.3) is 0 Å². The lowest BCUT2D eigenvalue weighted by Gasteiger charge is -2.07. The maximum absolute atomic E-state index is 12.6. The smallest absolute Gasteiger partial charge is 0.234 e. The van der Waals surface area contributed by atoms with Crippen LogP contribution in [0.5, 0.6) is 0 Å². The molecule has 30 heavy (non-hydrogen) atoms. The highest BCUT2D eigenvalue weighted by Crippen LogP contribution is 2.24. The van der Waals surface area contributed by atoms with Crippen molar-refractivity contribution in [2.24, 2.45) is 7.05 Å². The number of anilines is 1. The van der Waals surface area contributed by atoms with Crippen molar-refractivity contribution in [1.82, 2.24) is 24.5 Å². The zero-order valence-electron chi connectivity index (χ0n) is 17.0. The van der Waals surface area contributed by atoms with Crippen LogP contribution in [0.25, 0.3) is 5.69 Å². The van der Waals surface area contributed by atoms with Crippen molar-refractivity contribution in [3.8, 4) is 5.69 Å². The number of thioether (sulfide) groups is 1. The fourth-order valence-electron chi connectivity index (χ4n) is 3.14. The standard InChI is InChI=1S/C21H22N6OS2/c1-14-20(15(2)27(25-14)16-8-5-4-6-9-16)22-19(28)13-30-21-24-23-18(26(21)3)12-17-10-7-11-29-17/h4-11H,12-13H2,1-3H3,(H,22,28). The molecule has 0 saturated carbocycles. The van der Waals surface area contributed by atoms with Crippen LogP contribution in [-0.4, -0.2) is 36.2 Å². The summed E-state index contributed by atoms with van der Waals surface area (Å²) < 4.78 is 3.79. The molecule has 0 aliphatic rings. The molecule has 7 nitrogen and oxygen atoms in total. The van der Waals surface area contributed by atoms with E-state index in [4.69, 9.17) is 0 Å². The quantitative estimate of drug-likeness (QED) is 0.441. The fraction of sp³-hybridized carbons (Fsp3) is 0.238. The summed E-state index contributed by atoms with van der Waals surface area (Å²) in [6, 6.07) is 14.0. The topological polar surface area (TPSA) is 77.6 Å². The van der Waals surface area contributed by atoms with E-state index in [-0.39, 0.29) is 11.7 Å². The number of rotatable bonds is 7. The second kappa shape index (κ2) is 8.85. The summed E-state index contributed by atoms with van der Waals surface area (Å²) >= 11 is 3.07. The average molecular weight is 439 g/mol. The maximum Gasteiger partial charge on any atom is 0.234 e. The Hall–Kier alpha value is -2.91. The number of para-hydroxylation sites is 1. The molecule has 0 saturated heterocycles. The summed E-state index contributed by atoms with van der Waals surface area (Å²) in [6.07, 6.45) is 0.741. The molecule has 9 heteroatoms. The summed E-state index contributed by atoms with van der Waals surface area (Å²) in [5.41, 5.74) is 3.40. The Kier molecular flexibility index (Phi) is 6.01. The van der Waals surface area contributed by atoms with Gasteiger partial charge in [-0.05, 0) is 37.4 Å². The van der Waals surface area contributed by atoms with Crippen LogP contribution in [0.4, 0.5) is 5.69 Å². The Bertz CT molecular complexity index is 1150. The minimum Gasteiger partial charge on any atom is -0.322 e. The Balaban J connectivity index is 1.40. The van der Waals surface area contributed by atoms with Crippen LogP contribution >= 0.6 is 23.1 Å². The number of amides is 1. The zero-order chi connectivity index (χ0) is 21.1. The Morgan fingerprint density at radius 2 is 1.93 bits per heavy atom. The first kappa shape index (κ1) is 20.4. The molecule has 3 heterocycles. The van der Waals surface area contributed by atoms with E-state index in [1.165, 1.54) is 16.6 Å². The number of carbonyl (C=O) groups is 1. The molecule has 1 amide bonds. The number of nitrogens with zero attached hydrogens (tertiary/aromatic N) is 5. The molecule has 1 aromatic carbocycles. The van der Waals surface area contributed by atoms with Crippen molar-refractivity contribution in [1.29, 1.82) is 0 Å². The fourth-order valence-corrected chi connectivity index (χ4v) is 4.57. The number of carbonyl (C=O) groups excluding carboxylic acids is 1. The van der Waals surface area contributed by atoms with Crippen molar-refractivity contribution in [3.63, 3.8) is 0 Å². The van der Waals surface area contributed by atoms with Gasteiger partial charge in [-0.2, -0.15) is 5.10 Å². The van der Waals surface area contributed by atoms with Gasteiger partial charge >= 0.3 is 0 Å². The number of nitrogens with one attached hydrogen (secondary N) is 1. The molecular weight excluding hydrogens is 416 g/mol. The van der Waals surface area contributed by atoms with Gasteiger partial charge < -0.3 is 9.88 Å². The third-order valence-electron chi connectivity index (χ3n) is 4.73. The first-order valence-electron chi connectivity index (χ1n) is 9.48. The molecule has 0 radical (unpaired) electrons. The molecule has 0 aliphatic heterocycles. The van der Waals surface area contributed by atoms with E-state index in [0.29, 0.717) is 0 Å². The van der Waals surface area contributed by atoms with Crippen LogP contribution in [-0.2, 0) is 18.3 Å². The second-order valence-corrected chi connectivity index (χ2v) is 8.82. The molecule has 0 fully saturated rings. The van der Waals surface area contributed by atoms with E-state index in [0.717, 1.165) is 40.2 Å². The van der Waals surface area contributed by atoms with E-state index < -0.39 is 0 Å². The molecule has 1 N–H and O–H groups in total. The van der Waals surface area contributed by atoms with Gasteiger partial charge in [-0.1, -0.05) is 36.0 Å². The van der Waals surface area contributed by atoms with Gasteiger partial charge in [0.15, 0.2) is 5.16 Å². The lowest BCUT2D eigenvalue weighted by atomic mass is 10.3. The third kappa shape index (κ3) is 4.31. The Morgan fingerprint density at radius 1 is 1.13 bits per heavy atom. The van der Waals surface area contributed by atoms with E-state index in [9.17, 15) is 4.79 Å². The van der Waals surface area contributed by atoms with Gasteiger partial charge in [0.2, 0.25) is 5.91 Å². The minimum atomic E-state index is -0.0957. The molecule has 0 aliphatic carbocycles. The van der Waals surface area contributed by atoms with Crippen LogP contribution in [0.2, 0.25) is 0 Å². The summed E-state index contributed by atoms with van der Waals surface area (Å²) in [5.74, 6) is 1.04. The molecule has 4 aromatic rings. The first-order valence-corrected chi connectivity index (χ1v) is 11.3. The molecule has 0 atom stereocenters. The van der Waals surface area contributed by atoms with Crippen LogP contribution in [0.3, 0.4) is 0 Å². The number of benzene rings is 1. The van der Waals surface area contributed by atoms with Crippen LogP contribution in [0.15, 0.2) is 53.0 Å². The lowest BCUT2D eigenvalue weighted by Crippen LogP contribution is -2.15. The molecule has 4 rings (SSSR count). The molecule has 154 valence electrons. The van der Waals surface area contributed by atoms with Gasteiger partial charge in [0.05, 0.1) is 28.5 Å². The highest BCUT2D eigenvalue weighted by molar-refractivity contribution is 7.99. The number of hydrogen-bond acceptors (Lipinski definition) is 6.